The quantitative estimate of drug-likeness (QED) is 0.812. The Morgan fingerprint density at radius 1 is 1.36 bits per heavy atom. The minimum absolute atomic E-state index is 0.0380. The molecule has 1 amide bonds. The molecule has 0 bridgehead atoms. The van der Waals surface area contributed by atoms with Gasteiger partial charge in [0.15, 0.2) is 0 Å². The van der Waals surface area contributed by atoms with Crippen molar-refractivity contribution >= 4 is 11.7 Å². The number of amides is 1. The molecule has 0 aromatic carbocycles. The van der Waals surface area contributed by atoms with Crippen LogP contribution in [0.5, 0.6) is 0 Å². The number of anilines is 1. The lowest BCUT2D eigenvalue weighted by Crippen LogP contribution is -2.25. The van der Waals surface area contributed by atoms with Crippen LogP contribution in [0.15, 0.2) is 36.7 Å². The zero-order valence-electron chi connectivity index (χ0n) is 15.0. The molecule has 3 rings (SSSR count). The Bertz CT molecular complexity index is 872. The van der Waals surface area contributed by atoms with E-state index in [1.807, 2.05) is 0 Å². The molecule has 28 heavy (non-hydrogen) atoms. The standard InChI is InChI=1S/C18H20F3N5O2/c1-11(9-12-3-2-4-15(25-12)18(19,20)21)24-17(27)14-10-23-26(16(14)22)13-5-7-28-8-6-13/h2-4,10,13H,1,5-9,22H2,(H,24,27). The molecule has 10 heteroatoms. The summed E-state index contributed by atoms with van der Waals surface area (Å²) in [6, 6.07) is 3.64. The van der Waals surface area contributed by atoms with Gasteiger partial charge in [-0.15, -0.1) is 0 Å². The van der Waals surface area contributed by atoms with Crippen molar-refractivity contribution in [2.45, 2.75) is 31.5 Å². The van der Waals surface area contributed by atoms with Gasteiger partial charge in [0.25, 0.3) is 5.91 Å². The molecule has 150 valence electrons. The fraction of sp³-hybridized carbons (Fsp3) is 0.389. The van der Waals surface area contributed by atoms with Crippen LogP contribution in [-0.4, -0.2) is 33.9 Å². The van der Waals surface area contributed by atoms with Gasteiger partial charge in [0, 0.05) is 31.0 Å². The molecule has 1 fully saturated rings. The second-order valence-corrected chi connectivity index (χ2v) is 6.48. The lowest BCUT2D eigenvalue weighted by Gasteiger charge is -2.23. The molecule has 0 saturated carbocycles. The topological polar surface area (TPSA) is 95.1 Å². The van der Waals surface area contributed by atoms with Crippen molar-refractivity contribution in [2.24, 2.45) is 0 Å². The third-order valence-corrected chi connectivity index (χ3v) is 4.40. The van der Waals surface area contributed by atoms with E-state index in [1.54, 1.807) is 4.68 Å². The van der Waals surface area contributed by atoms with Gasteiger partial charge in [0.1, 0.15) is 17.1 Å². The van der Waals surface area contributed by atoms with Gasteiger partial charge >= 0.3 is 6.18 Å². The number of carbonyl (C=O) groups excluding carboxylic acids is 1. The minimum Gasteiger partial charge on any atom is -0.383 e. The SMILES string of the molecule is C=C(Cc1cccc(C(F)(F)F)n1)NC(=O)c1cnn(C2CCOCC2)c1N. The van der Waals surface area contributed by atoms with Gasteiger partial charge in [-0.05, 0) is 25.0 Å². The van der Waals surface area contributed by atoms with E-state index in [-0.39, 0.29) is 35.2 Å². The minimum atomic E-state index is -4.53. The first-order valence-electron chi connectivity index (χ1n) is 8.68. The van der Waals surface area contributed by atoms with E-state index >= 15 is 0 Å². The number of nitrogens with zero attached hydrogens (tertiary/aromatic N) is 3. The number of nitrogens with one attached hydrogen (secondary N) is 1. The Hall–Kier alpha value is -2.88. The summed E-state index contributed by atoms with van der Waals surface area (Å²) in [6.45, 7) is 4.90. The van der Waals surface area contributed by atoms with Crippen LogP contribution >= 0.6 is 0 Å². The monoisotopic (exact) mass is 395 g/mol. The molecular formula is C18H20F3N5O2. The molecular weight excluding hydrogens is 375 g/mol. The number of halogens is 3. The van der Waals surface area contributed by atoms with E-state index in [2.05, 4.69) is 22.0 Å². The average Bonchev–Trinajstić information content (AvgIpc) is 3.03. The van der Waals surface area contributed by atoms with Crippen molar-refractivity contribution in [3.63, 3.8) is 0 Å². The Labute approximate surface area is 159 Å². The third-order valence-electron chi connectivity index (χ3n) is 4.40. The van der Waals surface area contributed by atoms with E-state index in [4.69, 9.17) is 10.5 Å². The summed E-state index contributed by atoms with van der Waals surface area (Å²) in [5.74, 6) is -0.290. The number of nitrogen functional groups attached to an aromatic ring is 1. The van der Waals surface area contributed by atoms with Crippen molar-refractivity contribution in [1.82, 2.24) is 20.1 Å². The number of alkyl halides is 3. The van der Waals surface area contributed by atoms with E-state index in [1.165, 1.54) is 18.3 Å². The van der Waals surface area contributed by atoms with Crippen LogP contribution in [0.25, 0.3) is 0 Å². The molecule has 1 aliphatic rings. The lowest BCUT2D eigenvalue weighted by atomic mass is 10.1. The number of nitrogens with two attached hydrogens (primary N) is 1. The predicted octanol–water partition coefficient (Wildman–Crippen LogP) is 2.72. The van der Waals surface area contributed by atoms with Gasteiger partial charge in [-0.3, -0.25) is 4.79 Å². The van der Waals surface area contributed by atoms with Gasteiger partial charge < -0.3 is 15.8 Å². The summed E-state index contributed by atoms with van der Waals surface area (Å²) in [5, 5.41) is 6.75. The molecule has 0 atom stereocenters. The van der Waals surface area contributed by atoms with E-state index in [0.717, 1.165) is 18.9 Å². The van der Waals surface area contributed by atoms with Crippen molar-refractivity contribution < 1.29 is 22.7 Å². The van der Waals surface area contributed by atoms with E-state index < -0.39 is 17.8 Å². The zero-order valence-corrected chi connectivity index (χ0v) is 15.0. The van der Waals surface area contributed by atoms with Gasteiger partial charge in [0.05, 0.1) is 12.2 Å². The maximum absolute atomic E-state index is 12.8. The summed E-state index contributed by atoms with van der Waals surface area (Å²) in [4.78, 5) is 16.0. The van der Waals surface area contributed by atoms with Gasteiger partial charge in [-0.2, -0.15) is 18.3 Å². The second-order valence-electron chi connectivity index (χ2n) is 6.48. The molecule has 2 aromatic heterocycles. The number of ether oxygens (including phenoxy) is 1. The highest BCUT2D eigenvalue weighted by Gasteiger charge is 2.32. The Morgan fingerprint density at radius 2 is 2.07 bits per heavy atom. The number of hydrogen-bond donors (Lipinski definition) is 2. The van der Waals surface area contributed by atoms with Crippen molar-refractivity contribution in [2.75, 3.05) is 18.9 Å². The molecule has 1 saturated heterocycles. The molecule has 3 heterocycles. The summed E-state index contributed by atoms with van der Waals surface area (Å²) < 4.78 is 45.2. The van der Waals surface area contributed by atoms with Crippen LogP contribution in [-0.2, 0) is 17.3 Å². The zero-order chi connectivity index (χ0) is 20.3. The van der Waals surface area contributed by atoms with Crippen LogP contribution in [0.1, 0.15) is 40.6 Å². The van der Waals surface area contributed by atoms with Crippen molar-refractivity contribution in [1.29, 1.82) is 0 Å². The van der Waals surface area contributed by atoms with Crippen LogP contribution < -0.4 is 11.1 Å². The fourth-order valence-electron chi connectivity index (χ4n) is 2.99. The summed E-state index contributed by atoms with van der Waals surface area (Å²) in [7, 11) is 0. The average molecular weight is 395 g/mol. The fourth-order valence-corrected chi connectivity index (χ4v) is 2.99. The first kappa shape index (κ1) is 19.9. The maximum atomic E-state index is 12.8. The highest BCUT2D eigenvalue weighted by Crippen LogP contribution is 2.28. The Balaban J connectivity index is 1.65. The van der Waals surface area contributed by atoms with E-state index in [9.17, 15) is 18.0 Å². The number of rotatable bonds is 5. The summed E-state index contributed by atoms with van der Waals surface area (Å²) >= 11 is 0. The Morgan fingerprint density at radius 3 is 2.75 bits per heavy atom. The largest absolute Gasteiger partial charge is 0.433 e. The van der Waals surface area contributed by atoms with Gasteiger partial charge in [-0.1, -0.05) is 12.6 Å². The number of allylic oxidation sites excluding steroid dienone is 1. The highest BCUT2D eigenvalue weighted by atomic mass is 19.4. The first-order chi connectivity index (χ1) is 13.3. The number of aromatic nitrogens is 3. The molecule has 0 unspecified atom stereocenters. The Kier molecular flexibility index (Phi) is 5.68. The molecule has 1 aliphatic heterocycles. The second kappa shape index (κ2) is 8.01. The maximum Gasteiger partial charge on any atom is 0.433 e. The van der Waals surface area contributed by atoms with Crippen LogP contribution in [0.4, 0.5) is 19.0 Å². The molecule has 3 N–H and O–H groups in total. The summed E-state index contributed by atoms with van der Waals surface area (Å²) in [5.41, 5.74) is 5.60. The number of carbonyl (C=O) groups is 1. The predicted molar refractivity (Wildman–Crippen MR) is 95.3 cm³/mol. The first-order valence-corrected chi connectivity index (χ1v) is 8.68. The molecule has 2 aromatic rings. The van der Waals surface area contributed by atoms with Crippen LogP contribution in [0.2, 0.25) is 0 Å². The van der Waals surface area contributed by atoms with E-state index in [0.29, 0.717) is 13.2 Å². The highest BCUT2D eigenvalue weighted by molar-refractivity contribution is 5.99. The van der Waals surface area contributed by atoms with Gasteiger partial charge in [-0.25, -0.2) is 9.67 Å². The molecule has 7 nitrogen and oxygen atoms in total. The third kappa shape index (κ3) is 4.50. The molecule has 0 radical (unpaired) electrons. The van der Waals surface area contributed by atoms with Crippen molar-refractivity contribution in [3.8, 4) is 0 Å². The summed E-state index contributed by atoms with van der Waals surface area (Å²) in [6.07, 6.45) is -1.70. The molecule has 0 spiro atoms. The smallest absolute Gasteiger partial charge is 0.383 e. The van der Waals surface area contributed by atoms with Crippen molar-refractivity contribution in [3.05, 3.63) is 53.6 Å². The van der Waals surface area contributed by atoms with Crippen LogP contribution in [0.3, 0.4) is 0 Å². The molecule has 0 aliphatic carbocycles. The van der Waals surface area contributed by atoms with Crippen LogP contribution in [0, 0.1) is 0 Å². The number of hydrogen-bond acceptors (Lipinski definition) is 5. The normalized spacial score (nSPS) is 15.4. The van der Waals surface area contributed by atoms with Gasteiger partial charge in [0.2, 0.25) is 0 Å². The lowest BCUT2D eigenvalue weighted by molar-refractivity contribution is -0.141. The number of pyridine rings is 1.